The number of carboxylic acids is 1. The second kappa shape index (κ2) is 11.0. The van der Waals surface area contributed by atoms with Crippen molar-refractivity contribution >= 4 is 34.1 Å². The fraction of sp³-hybridized carbons (Fsp3) is 0.458. The van der Waals surface area contributed by atoms with Crippen LogP contribution in [0.15, 0.2) is 23.2 Å². The SMILES string of the molecule is CC(CC(=O)O)CC(=O)c1c(CCCCCCc2cscn2)n(C)c2ncc(C#N)cc12. The second-order valence-electron chi connectivity index (χ2n) is 8.31. The number of fused-ring (bicyclic) bond motifs is 1. The number of Topliss-reactive ketones (excluding diaryl/α,β-unsaturated/α-hetero) is 1. The smallest absolute Gasteiger partial charge is 0.303 e. The number of aliphatic carboxylic acids is 1. The topological polar surface area (TPSA) is 109 Å². The van der Waals surface area contributed by atoms with Crippen molar-refractivity contribution in [1.29, 1.82) is 5.26 Å². The highest BCUT2D eigenvalue weighted by Gasteiger charge is 2.24. The van der Waals surface area contributed by atoms with Crippen LogP contribution < -0.4 is 0 Å². The van der Waals surface area contributed by atoms with Crippen LogP contribution in [-0.4, -0.2) is 31.4 Å². The number of carbonyl (C=O) groups excluding carboxylic acids is 1. The molecule has 0 bridgehead atoms. The molecule has 1 atom stereocenters. The number of aryl methyl sites for hydroxylation is 2. The van der Waals surface area contributed by atoms with Gasteiger partial charge in [-0.15, -0.1) is 11.3 Å². The molecule has 8 heteroatoms. The normalized spacial score (nSPS) is 12.0. The zero-order valence-electron chi connectivity index (χ0n) is 18.5. The van der Waals surface area contributed by atoms with E-state index in [1.807, 2.05) is 17.1 Å². The van der Waals surface area contributed by atoms with Crippen LogP contribution in [0, 0.1) is 17.2 Å². The summed E-state index contributed by atoms with van der Waals surface area (Å²) in [6, 6.07) is 3.81. The van der Waals surface area contributed by atoms with Gasteiger partial charge in [0.2, 0.25) is 0 Å². The van der Waals surface area contributed by atoms with Crippen molar-refractivity contribution in [3.05, 3.63) is 45.7 Å². The Morgan fingerprint density at radius 1 is 1.19 bits per heavy atom. The van der Waals surface area contributed by atoms with Crippen molar-refractivity contribution in [1.82, 2.24) is 14.5 Å². The average Bonchev–Trinajstić information content (AvgIpc) is 3.36. The minimum atomic E-state index is -0.908. The van der Waals surface area contributed by atoms with E-state index in [4.69, 9.17) is 5.11 Å². The van der Waals surface area contributed by atoms with E-state index >= 15 is 0 Å². The van der Waals surface area contributed by atoms with Crippen molar-refractivity contribution in [2.24, 2.45) is 13.0 Å². The lowest BCUT2D eigenvalue weighted by molar-refractivity contribution is -0.137. The Kier molecular flexibility index (Phi) is 8.12. The van der Waals surface area contributed by atoms with Crippen LogP contribution in [-0.2, 0) is 24.7 Å². The number of thiazole rings is 1. The lowest BCUT2D eigenvalue weighted by Crippen LogP contribution is -2.12. The van der Waals surface area contributed by atoms with E-state index in [9.17, 15) is 14.9 Å². The van der Waals surface area contributed by atoms with Crippen molar-refractivity contribution in [3.63, 3.8) is 0 Å². The number of rotatable bonds is 12. The lowest BCUT2D eigenvalue weighted by Gasteiger charge is -2.10. The van der Waals surface area contributed by atoms with Gasteiger partial charge in [-0.3, -0.25) is 9.59 Å². The molecule has 32 heavy (non-hydrogen) atoms. The quantitative estimate of drug-likeness (QED) is 0.308. The van der Waals surface area contributed by atoms with Crippen LogP contribution in [0.3, 0.4) is 0 Å². The summed E-state index contributed by atoms with van der Waals surface area (Å²) in [6.07, 6.45) is 7.52. The molecule has 0 aliphatic heterocycles. The number of aromatic nitrogens is 3. The Hall–Kier alpha value is -3.05. The van der Waals surface area contributed by atoms with Gasteiger partial charge in [-0.05, 0) is 37.7 Å². The molecule has 3 aromatic rings. The van der Waals surface area contributed by atoms with Crippen molar-refractivity contribution in [3.8, 4) is 6.07 Å². The van der Waals surface area contributed by atoms with Crippen LogP contribution in [0.1, 0.15) is 72.8 Å². The third-order valence-electron chi connectivity index (χ3n) is 5.69. The molecule has 0 radical (unpaired) electrons. The van der Waals surface area contributed by atoms with Crippen molar-refractivity contribution in [2.75, 3.05) is 0 Å². The molecule has 1 unspecified atom stereocenters. The molecule has 7 nitrogen and oxygen atoms in total. The summed E-state index contributed by atoms with van der Waals surface area (Å²) in [4.78, 5) is 33.0. The number of nitrogens with zero attached hydrogens (tertiary/aromatic N) is 4. The number of hydrogen-bond donors (Lipinski definition) is 1. The molecule has 168 valence electrons. The Bertz CT molecular complexity index is 1130. The molecule has 3 heterocycles. The van der Waals surface area contributed by atoms with Crippen LogP contribution in [0.25, 0.3) is 11.0 Å². The maximum Gasteiger partial charge on any atom is 0.303 e. The van der Waals surface area contributed by atoms with E-state index in [1.54, 1.807) is 24.3 Å². The molecule has 0 aliphatic carbocycles. The minimum absolute atomic E-state index is 0.0491. The summed E-state index contributed by atoms with van der Waals surface area (Å²) in [6.45, 7) is 1.78. The van der Waals surface area contributed by atoms with Crippen LogP contribution in [0.4, 0.5) is 0 Å². The fourth-order valence-electron chi connectivity index (χ4n) is 4.13. The van der Waals surface area contributed by atoms with E-state index in [1.165, 1.54) is 6.20 Å². The summed E-state index contributed by atoms with van der Waals surface area (Å²) in [7, 11) is 1.90. The first-order valence-corrected chi connectivity index (χ1v) is 11.8. The van der Waals surface area contributed by atoms with Gasteiger partial charge in [0.05, 0.1) is 16.8 Å². The van der Waals surface area contributed by atoms with Gasteiger partial charge >= 0.3 is 5.97 Å². The molecular formula is C24H28N4O3S. The van der Waals surface area contributed by atoms with Crippen LogP contribution in [0.5, 0.6) is 0 Å². The Morgan fingerprint density at radius 3 is 2.59 bits per heavy atom. The van der Waals surface area contributed by atoms with E-state index < -0.39 is 5.97 Å². The van der Waals surface area contributed by atoms with E-state index in [-0.39, 0.29) is 24.5 Å². The van der Waals surface area contributed by atoms with Crippen LogP contribution in [0.2, 0.25) is 0 Å². The molecule has 0 aromatic carbocycles. The lowest BCUT2D eigenvalue weighted by atomic mass is 9.94. The zero-order chi connectivity index (χ0) is 23.1. The summed E-state index contributed by atoms with van der Waals surface area (Å²) in [5, 5.41) is 21.1. The number of hydrogen-bond acceptors (Lipinski definition) is 6. The number of carboxylic acid groups (broad SMARTS) is 1. The van der Waals surface area contributed by atoms with Crippen molar-refractivity contribution in [2.45, 2.75) is 58.3 Å². The van der Waals surface area contributed by atoms with Gasteiger partial charge in [-0.1, -0.05) is 19.8 Å². The van der Waals surface area contributed by atoms with E-state index in [2.05, 4.69) is 21.4 Å². The predicted octanol–water partition coefficient (Wildman–Crippen LogP) is 4.93. The summed E-state index contributed by atoms with van der Waals surface area (Å²) in [5.41, 5.74) is 5.59. The highest BCUT2D eigenvalue weighted by Crippen LogP contribution is 2.29. The first kappa shape index (κ1) is 23.6. The summed E-state index contributed by atoms with van der Waals surface area (Å²) in [5.74, 6) is -1.25. The Balaban J connectivity index is 1.75. The average molecular weight is 453 g/mol. The first-order chi connectivity index (χ1) is 15.4. The molecular weight excluding hydrogens is 424 g/mol. The van der Waals surface area contributed by atoms with E-state index in [0.717, 1.165) is 49.9 Å². The number of nitriles is 1. The number of ketones is 1. The van der Waals surface area contributed by atoms with Gasteiger partial charge in [-0.25, -0.2) is 9.97 Å². The second-order valence-corrected chi connectivity index (χ2v) is 9.03. The number of carbonyl (C=O) groups is 2. The van der Waals surface area contributed by atoms with Gasteiger partial charge in [0.25, 0.3) is 0 Å². The molecule has 0 amide bonds. The van der Waals surface area contributed by atoms with Crippen LogP contribution >= 0.6 is 11.3 Å². The minimum Gasteiger partial charge on any atom is -0.481 e. The summed E-state index contributed by atoms with van der Waals surface area (Å²) >= 11 is 1.62. The first-order valence-electron chi connectivity index (χ1n) is 10.9. The molecule has 3 aromatic heterocycles. The molecule has 0 aliphatic rings. The molecule has 0 fully saturated rings. The predicted molar refractivity (Wildman–Crippen MR) is 124 cm³/mol. The van der Waals surface area contributed by atoms with Crippen molar-refractivity contribution < 1.29 is 14.7 Å². The molecule has 1 N–H and O–H groups in total. The van der Waals surface area contributed by atoms with Gasteiger partial charge in [0.15, 0.2) is 5.78 Å². The molecule has 0 saturated heterocycles. The zero-order valence-corrected chi connectivity index (χ0v) is 19.3. The molecule has 0 spiro atoms. The van der Waals surface area contributed by atoms with Gasteiger partial charge in [0.1, 0.15) is 11.7 Å². The number of unbranched alkanes of at least 4 members (excludes halogenated alkanes) is 3. The van der Waals surface area contributed by atoms with Gasteiger partial charge in [-0.2, -0.15) is 5.26 Å². The van der Waals surface area contributed by atoms with Gasteiger partial charge < -0.3 is 9.67 Å². The third kappa shape index (κ3) is 5.80. The van der Waals surface area contributed by atoms with Gasteiger partial charge in [0, 0.05) is 48.1 Å². The Labute approximate surface area is 191 Å². The maximum absolute atomic E-state index is 13.2. The monoisotopic (exact) mass is 452 g/mol. The maximum atomic E-state index is 13.2. The standard InChI is InChI=1S/C24H28N4O3S/c1-16(10-22(30)31)9-21(29)23-19-11-17(12-25)13-26-24(19)28(2)20(23)8-6-4-3-5-7-18-14-32-15-27-18/h11,13-16H,3-10H2,1-2H3,(H,30,31). The summed E-state index contributed by atoms with van der Waals surface area (Å²) < 4.78 is 1.95. The highest BCUT2D eigenvalue weighted by atomic mass is 32.1. The Morgan fingerprint density at radius 2 is 1.94 bits per heavy atom. The van der Waals surface area contributed by atoms with E-state index in [0.29, 0.717) is 22.2 Å². The highest BCUT2D eigenvalue weighted by molar-refractivity contribution is 7.07. The third-order valence-corrected chi connectivity index (χ3v) is 6.33. The fourth-order valence-corrected chi connectivity index (χ4v) is 4.72. The molecule has 3 rings (SSSR count). The largest absolute Gasteiger partial charge is 0.481 e. The number of pyridine rings is 1. The molecule has 0 saturated carbocycles.